The third-order valence-corrected chi connectivity index (χ3v) is 4.26. The second-order valence-electron chi connectivity index (χ2n) is 5.75. The Labute approximate surface area is 164 Å². The highest BCUT2D eigenvalue weighted by Gasteiger charge is 2.35. The van der Waals surface area contributed by atoms with E-state index in [1.54, 1.807) is 0 Å². The molecule has 0 saturated heterocycles. The lowest BCUT2D eigenvalue weighted by molar-refractivity contribution is -0.155. The number of benzene rings is 1. The number of hydrogen-bond donors (Lipinski definition) is 1. The maximum Gasteiger partial charge on any atom is 0.422 e. The summed E-state index contributed by atoms with van der Waals surface area (Å²) in [7, 11) is -5.00. The van der Waals surface area contributed by atoms with Crippen LogP contribution in [0.15, 0.2) is 23.1 Å². The van der Waals surface area contributed by atoms with Crippen molar-refractivity contribution in [3.63, 3.8) is 0 Å². The molecule has 0 radical (unpaired) electrons. The molecule has 30 heavy (non-hydrogen) atoms. The van der Waals surface area contributed by atoms with Crippen LogP contribution in [0.5, 0.6) is 11.8 Å². The van der Waals surface area contributed by atoms with Gasteiger partial charge in [-0.3, -0.25) is 0 Å². The highest BCUT2D eigenvalue weighted by atomic mass is 32.2. The van der Waals surface area contributed by atoms with Crippen LogP contribution in [0.25, 0.3) is 11.4 Å². The molecule has 0 aliphatic rings. The summed E-state index contributed by atoms with van der Waals surface area (Å²) >= 11 is 0. The lowest BCUT2D eigenvalue weighted by Gasteiger charge is -2.17. The Morgan fingerprint density at radius 3 is 1.83 bits per heavy atom. The van der Waals surface area contributed by atoms with E-state index in [4.69, 9.17) is 5.14 Å². The van der Waals surface area contributed by atoms with Gasteiger partial charge in [-0.15, -0.1) is 0 Å². The van der Waals surface area contributed by atoms with Gasteiger partial charge in [-0.05, 0) is 18.6 Å². The Bertz CT molecular complexity index is 1000. The smallest absolute Gasteiger partial charge is 0.422 e. The number of nitrogens with two attached hydrogens (primary N) is 1. The summed E-state index contributed by atoms with van der Waals surface area (Å²) in [5.74, 6) is -4.04. The van der Waals surface area contributed by atoms with Crippen LogP contribution >= 0.6 is 0 Å². The van der Waals surface area contributed by atoms with Gasteiger partial charge in [0.15, 0.2) is 19.0 Å². The second kappa shape index (κ2) is 8.22. The Kier molecular flexibility index (Phi) is 6.46. The minimum atomic E-state index is -5.00. The van der Waals surface area contributed by atoms with Gasteiger partial charge in [-0.25, -0.2) is 17.9 Å². The molecule has 0 unspecified atom stereocenters. The van der Waals surface area contributed by atoms with Crippen molar-refractivity contribution in [3.05, 3.63) is 29.6 Å². The predicted molar refractivity (Wildman–Crippen MR) is 86.6 cm³/mol. The van der Waals surface area contributed by atoms with Gasteiger partial charge in [-0.1, -0.05) is 12.1 Å². The standard InChI is InChI=1S/C15H12F7N3O4S/c1-7-8(3-2-4-9(7)16)11-24-12(28-5-14(17,18)19)10(30(23,26)27)13(25-11)29-6-15(20,21)22/h2-4H,5-6H2,1H3,(H2,23,26,27). The largest absolute Gasteiger partial charge is 0.467 e. The zero-order chi connectivity index (χ0) is 22.9. The van der Waals surface area contributed by atoms with Crippen molar-refractivity contribution in [2.24, 2.45) is 5.14 Å². The minimum Gasteiger partial charge on any atom is -0.467 e. The number of sulfonamides is 1. The summed E-state index contributed by atoms with van der Waals surface area (Å²) in [6.07, 6.45) is -9.91. The van der Waals surface area contributed by atoms with E-state index in [2.05, 4.69) is 19.4 Å². The van der Waals surface area contributed by atoms with Gasteiger partial charge in [0.25, 0.3) is 0 Å². The number of alkyl halides is 6. The molecule has 0 spiro atoms. The quantitative estimate of drug-likeness (QED) is 0.661. The first-order valence-corrected chi connectivity index (χ1v) is 9.22. The van der Waals surface area contributed by atoms with Crippen LogP contribution in [0.2, 0.25) is 0 Å². The average Bonchev–Trinajstić information content (AvgIpc) is 2.57. The molecule has 0 aliphatic heterocycles. The van der Waals surface area contributed by atoms with E-state index in [0.717, 1.165) is 6.07 Å². The fourth-order valence-electron chi connectivity index (χ4n) is 2.12. The number of aromatic nitrogens is 2. The third-order valence-electron chi connectivity index (χ3n) is 3.34. The summed E-state index contributed by atoms with van der Waals surface area (Å²) in [5, 5.41) is 4.89. The van der Waals surface area contributed by atoms with Gasteiger partial charge in [0.05, 0.1) is 0 Å². The summed E-state index contributed by atoms with van der Waals surface area (Å²) in [6.45, 7) is -2.87. The molecular weight excluding hydrogens is 451 g/mol. The number of rotatable bonds is 6. The Balaban J connectivity index is 2.74. The maximum absolute atomic E-state index is 13.8. The first-order chi connectivity index (χ1) is 13.6. The van der Waals surface area contributed by atoms with Crippen LogP contribution in [-0.4, -0.2) is 44.0 Å². The van der Waals surface area contributed by atoms with Crippen LogP contribution in [0.1, 0.15) is 5.56 Å². The molecule has 15 heteroatoms. The van der Waals surface area contributed by atoms with Gasteiger partial charge in [-0.2, -0.15) is 36.3 Å². The molecule has 2 aromatic rings. The van der Waals surface area contributed by atoms with Gasteiger partial charge in [0.1, 0.15) is 5.82 Å². The molecule has 7 nitrogen and oxygen atoms in total. The molecule has 0 saturated carbocycles. The molecule has 0 fully saturated rings. The Hall–Kier alpha value is -2.68. The number of nitrogens with zero attached hydrogens (tertiary/aromatic N) is 2. The molecule has 1 heterocycles. The van der Waals surface area contributed by atoms with E-state index in [9.17, 15) is 39.2 Å². The van der Waals surface area contributed by atoms with Crippen LogP contribution in [0.4, 0.5) is 30.7 Å². The molecular formula is C15H12F7N3O4S. The third kappa shape index (κ3) is 6.16. The van der Waals surface area contributed by atoms with Crippen molar-refractivity contribution in [2.45, 2.75) is 24.2 Å². The van der Waals surface area contributed by atoms with E-state index >= 15 is 0 Å². The van der Waals surface area contributed by atoms with Crippen molar-refractivity contribution in [1.29, 1.82) is 0 Å². The highest BCUT2D eigenvalue weighted by Crippen LogP contribution is 2.35. The summed E-state index contributed by atoms with van der Waals surface area (Å²) < 4.78 is 121. The number of primary sulfonamides is 1. The van der Waals surface area contributed by atoms with Crippen LogP contribution in [0.3, 0.4) is 0 Å². The monoisotopic (exact) mass is 463 g/mol. The van der Waals surface area contributed by atoms with E-state index in [0.29, 0.717) is 0 Å². The van der Waals surface area contributed by atoms with Crippen LogP contribution in [0, 0.1) is 12.7 Å². The fourth-order valence-corrected chi connectivity index (χ4v) is 2.82. The molecule has 1 aromatic heterocycles. The van der Waals surface area contributed by atoms with Crippen LogP contribution in [-0.2, 0) is 10.0 Å². The van der Waals surface area contributed by atoms with Gasteiger partial charge < -0.3 is 9.47 Å². The molecule has 1 aromatic carbocycles. The van der Waals surface area contributed by atoms with Gasteiger partial charge in [0.2, 0.25) is 26.7 Å². The first kappa shape index (κ1) is 23.6. The average molecular weight is 463 g/mol. The van der Waals surface area contributed by atoms with E-state index in [1.165, 1.54) is 19.1 Å². The lowest BCUT2D eigenvalue weighted by atomic mass is 10.1. The van der Waals surface area contributed by atoms with Crippen molar-refractivity contribution >= 4 is 10.0 Å². The number of halogens is 7. The fraction of sp³-hybridized carbons (Fsp3) is 0.333. The molecule has 166 valence electrons. The zero-order valence-electron chi connectivity index (χ0n) is 14.8. The summed E-state index contributed by atoms with van der Waals surface area (Å²) in [5.41, 5.74) is -0.283. The normalized spacial score (nSPS) is 12.7. The number of hydrogen-bond acceptors (Lipinski definition) is 6. The molecule has 0 amide bonds. The SMILES string of the molecule is Cc1c(F)cccc1-c1nc(OCC(F)(F)F)c(S(N)(=O)=O)c(OCC(F)(F)F)n1. The van der Waals surface area contributed by atoms with E-state index in [1.807, 2.05) is 0 Å². The Morgan fingerprint density at radius 1 is 0.967 bits per heavy atom. The van der Waals surface area contributed by atoms with Crippen molar-refractivity contribution in [2.75, 3.05) is 13.2 Å². The van der Waals surface area contributed by atoms with Gasteiger partial charge in [0, 0.05) is 5.56 Å². The lowest BCUT2D eigenvalue weighted by Crippen LogP contribution is -2.25. The summed E-state index contributed by atoms with van der Waals surface area (Å²) in [6, 6.07) is 3.40. The molecule has 2 N–H and O–H groups in total. The Morgan fingerprint density at radius 2 is 1.43 bits per heavy atom. The zero-order valence-corrected chi connectivity index (χ0v) is 15.6. The molecule has 0 aliphatic carbocycles. The minimum absolute atomic E-state index is 0.121. The van der Waals surface area contributed by atoms with E-state index < -0.39 is 63.9 Å². The van der Waals surface area contributed by atoms with Gasteiger partial charge >= 0.3 is 12.4 Å². The second-order valence-corrected chi connectivity index (χ2v) is 7.25. The molecule has 0 bridgehead atoms. The molecule has 0 atom stereocenters. The summed E-state index contributed by atoms with van der Waals surface area (Å²) in [4.78, 5) is 5.58. The topological polar surface area (TPSA) is 104 Å². The van der Waals surface area contributed by atoms with Crippen molar-refractivity contribution in [1.82, 2.24) is 9.97 Å². The van der Waals surface area contributed by atoms with E-state index in [-0.39, 0.29) is 11.1 Å². The number of ether oxygens (including phenoxy) is 2. The van der Waals surface area contributed by atoms with Crippen molar-refractivity contribution < 1.29 is 48.6 Å². The maximum atomic E-state index is 13.8. The molecule has 2 rings (SSSR count). The van der Waals surface area contributed by atoms with Crippen molar-refractivity contribution in [3.8, 4) is 23.1 Å². The highest BCUT2D eigenvalue weighted by molar-refractivity contribution is 7.89. The first-order valence-electron chi connectivity index (χ1n) is 7.68. The predicted octanol–water partition coefficient (Wildman–Crippen LogP) is 3.12. The van der Waals surface area contributed by atoms with Crippen LogP contribution < -0.4 is 14.6 Å².